The molecule has 0 fully saturated rings. The van der Waals surface area contributed by atoms with E-state index in [1.807, 2.05) is 6.92 Å². The molecule has 90 valence electrons. The molecule has 0 rings (SSSR count). The van der Waals surface area contributed by atoms with Crippen molar-refractivity contribution >= 4 is 5.91 Å². The van der Waals surface area contributed by atoms with Crippen molar-refractivity contribution in [2.24, 2.45) is 0 Å². The number of hydrogen-bond acceptors (Lipinski definition) is 4. The summed E-state index contributed by atoms with van der Waals surface area (Å²) in [7, 11) is 0. The lowest BCUT2D eigenvalue weighted by Gasteiger charge is -2.13. The highest BCUT2D eigenvalue weighted by Crippen LogP contribution is 2.00. The fourth-order valence-electron chi connectivity index (χ4n) is 1.13. The molecule has 0 spiro atoms. The summed E-state index contributed by atoms with van der Waals surface area (Å²) < 4.78 is 0. The van der Waals surface area contributed by atoms with Crippen molar-refractivity contribution < 1.29 is 20.1 Å². The van der Waals surface area contributed by atoms with Crippen molar-refractivity contribution in [1.29, 1.82) is 0 Å². The average Bonchev–Trinajstić information content (AvgIpc) is 2.23. The Morgan fingerprint density at radius 1 is 1.27 bits per heavy atom. The molecule has 5 heteroatoms. The third-order valence-electron chi connectivity index (χ3n) is 2.06. The second kappa shape index (κ2) is 8.64. The molecule has 0 aromatic carbocycles. The van der Waals surface area contributed by atoms with E-state index in [-0.39, 0.29) is 19.1 Å². The monoisotopic (exact) mass is 219 g/mol. The van der Waals surface area contributed by atoms with Gasteiger partial charge < -0.3 is 20.6 Å². The number of aliphatic hydroxyl groups is 3. The first-order valence-electron chi connectivity index (χ1n) is 5.33. The van der Waals surface area contributed by atoms with Gasteiger partial charge in [0.2, 0.25) is 5.91 Å². The summed E-state index contributed by atoms with van der Waals surface area (Å²) in [6.07, 6.45) is 0.505. The maximum Gasteiger partial charge on any atom is 0.220 e. The molecule has 2 atom stereocenters. The minimum atomic E-state index is -0.786. The second-order valence-electron chi connectivity index (χ2n) is 3.62. The van der Waals surface area contributed by atoms with E-state index in [9.17, 15) is 9.90 Å². The van der Waals surface area contributed by atoms with Crippen LogP contribution in [0.25, 0.3) is 0 Å². The van der Waals surface area contributed by atoms with Crippen LogP contribution in [-0.4, -0.2) is 46.6 Å². The average molecular weight is 219 g/mol. The minimum Gasteiger partial charge on any atom is -0.394 e. The Hall–Kier alpha value is -0.650. The van der Waals surface area contributed by atoms with Crippen LogP contribution in [0.4, 0.5) is 0 Å². The van der Waals surface area contributed by atoms with Gasteiger partial charge >= 0.3 is 0 Å². The molecule has 4 N–H and O–H groups in total. The molecule has 0 aromatic heterocycles. The molecule has 0 heterocycles. The van der Waals surface area contributed by atoms with Crippen LogP contribution in [-0.2, 0) is 4.79 Å². The summed E-state index contributed by atoms with van der Waals surface area (Å²) in [5.74, 6) is -0.0701. The Labute approximate surface area is 90.1 Å². The molecular formula is C10H21NO4. The molecular weight excluding hydrogens is 198 g/mol. The van der Waals surface area contributed by atoms with Crippen molar-refractivity contribution in [3.05, 3.63) is 0 Å². The molecule has 0 aliphatic rings. The van der Waals surface area contributed by atoms with Crippen molar-refractivity contribution in [1.82, 2.24) is 5.32 Å². The molecule has 5 nitrogen and oxygen atoms in total. The minimum absolute atomic E-state index is 0.0701. The van der Waals surface area contributed by atoms with Crippen LogP contribution in [0.1, 0.15) is 32.6 Å². The van der Waals surface area contributed by atoms with Crippen LogP contribution in [0.2, 0.25) is 0 Å². The molecule has 0 radical (unpaired) electrons. The van der Waals surface area contributed by atoms with Gasteiger partial charge in [-0.05, 0) is 19.3 Å². The van der Waals surface area contributed by atoms with E-state index in [2.05, 4.69) is 5.32 Å². The zero-order valence-corrected chi connectivity index (χ0v) is 9.15. The maximum atomic E-state index is 11.0. The number of carbonyl (C=O) groups is 1. The SMILES string of the molecule is CCCC(=O)NCC(O)CCC(O)CO. The van der Waals surface area contributed by atoms with E-state index in [0.717, 1.165) is 6.42 Å². The fourth-order valence-corrected chi connectivity index (χ4v) is 1.13. The predicted octanol–water partition coefficient (Wildman–Crippen LogP) is -0.603. The Bertz CT molecular complexity index is 175. The number of rotatable bonds is 8. The molecule has 1 amide bonds. The summed E-state index contributed by atoms with van der Waals surface area (Å²) >= 11 is 0. The number of nitrogens with one attached hydrogen (secondary N) is 1. The molecule has 0 aromatic rings. The Kier molecular flexibility index (Phi) is 8.27. The molecule has 0 saturated carbocycles. The van der Waals surface area contributed by atoms with Crippen LogP contribution < -0.4 is 5.32 Å². The maximum absolute atomic E-state index is 11.0. The first-order valence-corrected chi connectivity index (χ1v) is 5.33. The Morgan fingerprint density at radius 2 is 1.87 bits per heavy atom. The molecule has 0 saturated heterocycles. The quantitative estimate of drug-likeness (QED) is 0.439. The van der Waals surface area contributed by atoms with Crippen LogP contribution in [0.15, 0.2) is 0 Å². The lowest BCUT2D eigenvalue weighted by molar-refractivity contribution is -0.121. The summed E-state index contributed by atoms with van der Waals surface area (Å²) in [6, 6.07) is 0. The van der Waals surface area contributed by atoms with E-state index < -0.39 is 12.2 Å². The lowest BCUT2D eigenvalue weighted by atomic mass is 10.1. The standard InChI is InChI=1S/C10H21NO4/c1-2-3-10(15)11-6-8(13)4-5-9(14)7-12/h8-9,12-14H,2-7H2,1H3,(H,11,15). The van der Waals surface area contributed by atoms with E-state index in [4.69, 9.17) is 10.2 Å². The van der Waals surface area contributed by atoms with Crippen LogP contribution in [0, 0.1) is 0 Å². The van der Waals surface area contributed by atoms with Crippen molar-refractivity contribution in [2.45, 2.75) is 44.8 Å². The summed E-state index contributed by atoms with van der Waals surface area (Å²) in [4.78, 5) is 11.0. The van der Waals surface area contributed by atoms with Gasteiger partial charge in [0.05, 0.1) is 18.8 Å². The normalized spacial score (nSPS) is 14.7. The largest absolute Gasteiger partial charge is 0.394 e. The lowest BCUT2D eigenvalue weighted by Crippen LogP contribution is -2.32. The second-order valence-corrected chi connectivity index (χ2v) is 3.62. The summed E-state index contributed by atoms with van der Waals surface area (Å²) in [5, 5.41) is 29.5. The highest BCUT2D eigenvalue weighted by molar-refractivity contribution is 5.75. The number of amides is 1. The fraction of sp³-hybridized carbons (Fsp3) is 0.900. The first kappa shape index (κ1) is 14.3. The molecule has 0 aliphatic heterocycles. The smallest absolute Gasteiger partial charge is 0.220 e. The Balaban J connectivity index is 3.48. The number of hydrogen-bond donors (Lipinski definition) is 4. The molecule has 0 bridgehead atoms. The zero-order valence-electron chi connectivity index (χ0n) is 9.15. The van der Waals surface area contributed by atoms with Crippen LogP contribution in [0.3, 0.4) is 0 Å². The van der Waals surface area contributed by atoms with Crippen LogP contribution in [0.5, 0.6) is 0 Å². The third-order valence-corrected chi connectivity index (χ3v) is 2.06. The third kappa shape index (κ3) is 8.35. The molecule has 15 heavy (non-hydrogen) atoms. The molecule has 0 aliphatic carbocycles. The van der Waals surface area contributed by atoms with E-state index in [0.29, 0.717) is 19.3 Å². The van der Waals surface area contributed by atoms with Gasteiger partial charge in [0.1, 0.15) is 0 Å². The van der Waals surface area contributed by atoms with Gasteiger partial charge in [-0.2, -0.15) is 0 Å². The van der Waals surface area contributed by atoms with Gasteiger partial charge in [0.25, 0.3) is 0 Å². The topological polar surface area (TPSA) is 89.8 Å². The number of aliphatic hydroxyl groups excluding tert-OH is 3. The van der Waals surface area contributed by atoms with E-state index in [1.165, 1.54) is 0 Å². The van der Waals surface area contributed by atoms with Gasteiger partial charge in [0, 0.05) is 13.0 Å². The Morgan fingerprint density at radius 3 is 2.40 bits per heavy atom. The van der Waals surface area contributed by atoms with E-state index >= 15 is 0 Å². The predicted molar refractivity (Wildman–Crippen MR) is 56.3 cm³/mol. The van der Waals surface area contributed by atoms with Gasteiger partial charge in [-0.3, -0.25) is 4.79 Å². The van der Waals surface area contributed by atoms with Gasteiger partial charge in [-0.1, -0.05) is 6.92 Å². The highest BCUT2D eigenvalue weighted by atomic mass is 16.3. The van der Waals surface area contributed by atoms with Gasteiger partial charge in [0.15, 0.2) is 0 Å². The van der Waals surface area contributed by atoms with Crippen LogP contribution >= 0.6 is 0 Å². The van der Waals surface area contributed by atoms with Crippen molar-refractivity contribution in [3.63, 3.8) is 0 Å². The van der Waals surface area contributed by atoms with Crippen molar-refractivity contribution in [3.8, 4) is 0 Å². The van der Waals surface area contributed by atoms with Gasteiger partial charge in [-0.15, -0.1) is 0 Å². The summed E-state index contributed by atoms with van der Waals surface area (Å²) in [5.41, 5.74) is 0. The highest BCUT2D eigenvalue weighted by Gasteiger charge is 2.09. The van der Waals surface area contributed by atoms with Gasteiger partial charge in [-0.25, -0.2) is 0 Å². The first-order chi connectivity index (χ1) is 7.10. The van der Waals surface area contributed by atoms with E-state index in [1.54, 1.807) is 0 Å². The number of carbonyl (C=O) groups excluding carboxylic acids is 1. The summed E-state index contributed by atoms with van der Waals surface area (Å²) in [6.45, 7) is 1.82. The molecule has 2 unspecified atom stereocenters. The van der Waals surface area contributed by atoms with Crippen molar-refractivity contribution in [2.75, 3.05) is 13.2 Å². The zero-order chi connectivity index (χ0) is 11.7.